The Bertz CT molecular complexity index is 175. The van der Waals surface area contributed by atoms with Gasteiger partial charge in [0.2, 0.25) is 0 Å². The molecule has 1 heterocycles. The zero-order valence-corrected chi connectivity index (χ0v) is 10.2. The summed E-state index contributed by atoms with van der Waals surface area (Å²) in [6.45, 7) is 3.83. The van der Waals surface area contributed by atoms with Crippen LogP contribution in [0.5, 0.6) is 0 Å². The molecule has 2 nitrogen and oxygen atoms in total. The van der Waals surface area contributed by atoms with E-state index in [1.807, 2.05) is 0 Å². The highest BCUT2D eigenvalue weighted by Gasteiger charge is 2.19. The van der Waals surface area contributed by atoms with Crippen molar-refractivity contribution in [2.24, 2.45) is 5.92 Å². The summed E-state index contributed by atoms with van der Waals surface area (Å²) >= 11 is 0. The zero-order chi connectivity index (χ0) is 10.5. The average molecular weight is 210 g/mol. The molecule has 2 heteroatoms. The summed E-state index contributed by atoms with van der Waals surface area (Å²) in [6, 6.07) is 0.769. The van der Waals surface area contributed by atoms with Gasteiger partial charge >= 0.3 is 0 Å². The Balaban J connectivity index is 1.63. The minimum Gasteiger partial charge on any atom is -0.312 e. The SMILES string of the molecule is CN1CCCC(NCC2CCCCC2)C1. The first-order chi connectivity index (χ1) is 7.34. The maximum absolute atomic E-state index is 3.78. The highest BCUT2D eigenvalue weighted by atomic mass is 15.1. The number of piperidine rings is 1. The second kappa shape index (κ2) is 5.86. The number of rotatable bonds is 3. The molecule has 0 aromatic rings. The van der Waals surface area contributed by atoms with Gasteiger partial charge in [0.25, 0.3) is 0 Å². The normalized spacial score (nSPS) is 30.6. The van der Waals surface area contributed by atoms with Crippen molar-refractivity contribution in [1.82, 2.24) is 10.2 Å². The maximum atomic E-state index is 3.78. The molecule has 1 aliphatic carbocycles. The number of likely N-dealkylation sites (tertiary alicyclic amines) is 1. The van der Waals surface area contributed by atoms with Crippen molar-refractivity contribution in [3.63, 3.8) is 0 Å². The molecule has 1 aliphatic heterocycles. The summed E-state index contributed by atoms with van der Waals surface area (Å²) in [5, 5.41) is 3.78. The van der Waals surface area contributed by atoms with Gasteiger partial charge in [0.1, 0.15) is 0 Å². The standard InChI is InChI=1S/C13H26N2/c1-15-9-5-8-13(11-15)14-10-12-6-3-2-4-7-12/h12-14H,2-11H2,1H3. The third-order valence-corrected chi connectivity index (χ3v) is 4.04. The second-order valence-corrected chi connectivity index (χ2v) is 5.51. The van der Waals surface area contributed by atoms with E-state index in [-0.39, 0.29) is 0 Å². The van der Waals surface area contributed by atoms with Gasteiger partial charge in [-0.3, -0.25) is 0 Å². The van der Waals surface area contributed by atoms with Gasteiger partial charge in [0.15, 0.2) is 0 Å². The summed E-state index contributed by atoms with van der Waals surface area (Å²) in [5.74, 6) is 0.978. The number of hydrogen-bond acceptors (Lipinski definition) is 2. The first-order valence-corrected chi connectivity index (χ1v) is 6.76. The zero-order valence-electron chi connectivity index (χ0n) is 10.2. The van der Waals surface area contributed by atoms with E-state index < -0.39 is 0 Å². The van der Waals surface area contributed by atoms with Crippen LogP contribution in [0.25, 0.3) is 0 Å². The van der Waals surface area contributed by atoms with Crippen LogP contribution in [0.2, 0.25) is 0 Å². The van der Waals surface area contributed by atoms with Gasteiger partial charge in [-0.25, -0.2) is 0 Å². The summed E-state index contributed by atoms with van der Waals surface area (Å²) in [4.78, 5) is 2.46. The van der Waals surface area contributed by atoms with E-state index in [0.29, 0.717) is 0 Å². The molecule has 88 valence electrons. The lowest BCUT2D eigenvalue weighted by Gasteiger charge is -2.32. The largest absolute Gasteiger partial charge is 0.312 e. The highest BCUT2D eigenvalue weighted by Crippen LogP contribution is 2.23. The van der Waals surface area contributed by atoms with Gasteiger partial charge in [0.05, 0.1) is 0 Å². The quantitative estimate of drug-likeness (QED) is 0.768. The minimum absolute atomic E-state index is 0.769. The Morgan fingerprint density at radius 3 is 2.60 bits per heavy atom. The predicted octanol–water partition coefficient (Wildman–Crippen LogP) is 2.25. The van der Waals surface area contributed by atoms with Crippen molar-refractivity contribution < 1.29 is 0 Å². The van der Waals surface area contributed by atoms with Crippen LogP contribution >= 0.6 is 0 Å². The van der Waals surface area contributed by atoms with E-state index in [1.165, 1.54) is 64.6 Å². The highest BCUT2D eigenvalue weighted by molar-refractivity contribution is 4.78. The van der Waals surface area contributed by atoms with Crippen LogP contribution in [0.15, 0.2) is 0 Å². The molecule has 1 unspecified atom stereocenters. The predicted molar refractivity (Wildman–Crippen MR) is 65.1 cm³/mol. The summed E-state index contributed by atoms with van der Waals surface area (Å²) in [5.41, 5.74) is 0. The molecular weight excluding hydrogens is 184 g/mol. The monoisotopic (exact) mass is 210 g/mol. The molecule has 0 aromatic carbocycles. The molecule has 2 rings (SSSR count). The fourth-order valence-corrected chi connectivity index (χ4v) is 3.06. The molecule has 15 heavy (non-hydrogen) atoms. The van der Waals surface area contributed by atoms with E-state index in [2.05, 4.69) is 17.3 Å². The molecule has 0 spiro atoms. The fraction of sp³-hybridized carbons (Fsp3) is 1.00. The van der Waals surface area contributed by atoms with Crippen molar-refractivity contribution in [1.29, 1.82) is 0 Å². The summed E-state index contributed by atoms with van der Waals surface area (Å²) in [6.07, 6.45) is 10.1. The van der Waals surface area contributed by atoms with Crippen molar-refractivity contribution in [2.75, 3.05) is 26.7 Å². The van der Waals surface area contributed by atoms with Crippen LogP contribution in [0.1, 0.15) is 44.9 Å². The van der Waals surface area contributed by atoms with Crippen LogP contribution in [0.4, 0.5) is 0 Å². The Labute approximate surface area is 94.4 Å². The van der Waals surface area contributed by atoms with Gasteiger partial charge in [-0.2, -0.15) is 0 Å². The van der Waals surface area contributed by atoms with Crippen LogP contribution in [0, 0.1) is 5.92 Å². The Kier molecular flexibility index (Phi) is 4.45. The Hall–Kier alpha value is -0.0800. The molecule has 0 aromatic heterocycles. The molecule has 1 N–H and O–H groups in total. The number of nitrogens with zero attached hydrogens (tertiary/aromatic N) is 1. The average Bonchev–Trinajstić information content (AvgIpc) is 2.28. The summed E-state index contributed by atoms with van der Waals surface area (Å²) in [7, 11) is 2.24. The van der Waals surface area contributed by atoms with Crippen LogP contribution in [-0.4, -0.2) is 37.6 Å². The fourth-order valence-electron chi connectivity index (χ4n) is 3.06. The molecule has 1 saturated heterocycles. The minimum atomic E-state index is 0.769. The Morgan fingerprint density at radius 2 is 1.87 bits per heavy atom. The number of likely N-dealkylation sites (N-methyl/N-ethyl adjacent to an activating group) is 1. The van der Waals surface area contributed by atoms with E-state index in [4.69, 9.17) is 0 Å². The molecule has 2 aliphatic rings. The number of hydrogen-bond donors (Lipinski definition) is 1. The van der Waals surface area contributed by atoms with Gasteiger partial charge < -0.3 is 10.2 Å². The van der Waals surface area contributed by atoms with Crippen molar-refractivity contribution >= 4 is 0 Å². The topological polar surface area (TPSA) is 15.3 Å². The van der Waals surface area contributed by atoms with E-state index in [1.54, 1.807) is 0 Å². The smallest absolute Gasteiger partial charge is 0.0195 e. The molecule has 0 bridgehead atoms. The molecule has 1 saturated carbocycles. The van der Waals surface area contributed by atoms with E-state index in [0.717, 1.165) is 12.0 Å². The van der Waals surface area contributed by atoms with Crippen molar-refractivity contribution in [2.45, 2.75) is 51.0 Å². The number of nitrogens with one attached hydrogen (secondary N) is 1. The molecule has 0 radical (unpaired) electrons. The van der Waals surface area contributed by atoms with Crippen LogP contribution in [-0.2, 0) is 0 Å². The lowest BCUT2D eigenvalue weighted by molar-refractivity contribution is 0.215. The van der Waals surface area contributed by atoms with Gasteiger partial charge in [-0.1, -0.05) is 19.3 Å². The second-order valence-electron chi connectivity index (χ2n) is 5.51. The molecular formula is C13H26N2. The third kappa shape index (κ3) is 3.76. The van der Waals surface area contributed by atoms with Crippen molar-refractivity contribution in [3.05, 3.63) is 0 Å². The van der Waals surface area contributed by atoms with Gasteiger partial charge in [-0.15, -0.1) is 0 Å². The van der Waals surface area contributed by atoms with E-state index in [9.17, 15) is 0 Å². The van der Waals surface area contributed by atoms with Gasteiger partial charge in [0, 0.05) is 12.6 Å². The first-order valence-electron chi connectivity index (χ1n) is 6.76. The van der Waals surface area contributed by atoms with Crippen LogP contribution in [0.3, 0.4) is 0 Å². The molecule has 1 atom stereocenters. The third-order valence-electron chi connectivity index (χ3n) is 4.04. The van der Waals surface area contributed by atoms with Gasteiger partial charge in [-0.05, 0) is 51.7 Å². The first kappa shape index (κ1) is 11.4. The van der Waals surface area contributed by atoms with Crippen LogP contribution < -0.4 is 5.32 Å². The van der Waals surface area contributed by atoms with Crippen molar-refractivity contribution in [3.8, 4) is 0 Å². The molecule has 2 fully saturated rings. The Morgan fingerprint density at radius 1 is 1.07 bits per heavy atom. The summed E-state index contributed by atoms with van der Waals surface area (Å²) < 4.78 is 0. The lowest BCUT2D eigenvalue weighted by Crippen LogP contribution is -2.45. The maximum Gasteiger partial charge on any atom is 0.0195 e. The molecule has 0 amide bonds. The lowest BCUT2D eigenvalue weighted by atomic mass is 9.89. The van der Waals surface area contributed by atoms with E-state index >= 15 is 0 Å².